The zero-order valence-electron chi connectivity index (χ0n) is 11.7. The summed E-state index contributed by atoms with van der Waals surface area (Å²) < 4.78 is 0. The molecule has 3 N–H and O–H groups in total. The molecule has 1 rings (SSSR count). The number of nitrogens with zero attached hydrogens (tertiary/aromatic N) is 1. The van der Waals surface area contributed by atoms with E-state index in [1.54, 1.807) is 26.1 Å². The number of rotatable bonds is 6. The van der Waals surface area contributed by atoms with Crippen molar-refractivity contribution in [1.29, 1.82) is 0 Å². The van der Waals surface area contributed by atoms with Gasteiger partial charge in [0.25, 0.3) is 0 Å². The number of carboxylic acids is 1. The molecule has 1 unspecified atom stereocenters. The third-order valence-corrected chi connectivity index (χ3v) is 2.75. The maximum absolute atomic E-state index is 11.7. The molecule has 0 radical (unpaired) electrons. The number of likely N-dealkylation sites (N-methyl/N-ethyl adjacent to an activating group) is 1. The number of carbonyl (C=O) groups excluding carboxylic acids is 1. The maximum Gasteiger partial charge on any atom is 0.335 e. The van der Waals surface area contributed by atoms with Gasteiger partial charge in [0.05, 0.1) is 11.7 Å². The third kappa shape index (κ3) is 5.27. The number of hydrogen-bond donors (Lipinski definition) is 3. The molecule has 6 nitrogen and oxygen atoms in total. The lowest BCUT2D eigenvalue weighted by Crippen LogP contribution is -2.41. The summed E-state index contributed by atoms with van der Waals surface area (Å²) in [4.78, 5) is 23.9. The molecule has 0 aromatic heterocycles. The lowest BCUT2D eigenvalue weighted by atomic mass is 10.1. The summed E-state index contributed by atoms with van der Waals surface area (Å²) in [5.41, 5.74) is 1.09. The average molecular weight is 280 g/mol. The standard InChI is InChI=1S/C14H20N2O4/c1-10(17)9-16(2)14(20)15-7-6-11-4-3-5-12(8-11)13(18)19/h3-5,8,10,17H,6-7,9H2,1-2H3,(H,15,20)(H,18,19). The number of aliphatic hydroxyl groups excluding tert-OH is 1. The lowest BCUT2D eigenvalue weighted by molar-refractivity contribution is 0.0696. The van der Waals surface area contributed by atoms with Crippen LogP contribution in [-0.4, -0.2) is 53.4 Å². The minimum absolute atomic E-state index is 0.236. The predicted molar refractivity (Wildman–Crippen MR) is 74.8 cm³/mol. The average Bonchev–Trinajstić information content (AvgIpc) is 2.38. The first kappa shape index (κ1) is 16.0. The second kappa shape index (κ2) is 7.49. The number of benzene rings is 1. The summed E-state index contributed by atoms with van der Waals surface area (Å²) in [6.45, 7) is 2.29. The highest BCUT2D eigenvalue weighted by Gasteiger charge is 2.10. The van der Waals surface area contributed by atoms with E-state index in [1.807, 2.05) is 6.07 Å². The van der Waals surface area contributed by atoms with E-state index in [0.29, 0.717) is 13.0 Å². The van der Waals surface area contributed by atoms with Crippen LogP contribution in [0.15, 0.2) is 24.3 Å². The highest BCUT2D eigenvalue weighted by atomic mass is 16.4. The van der Waals surface area contributed by atoms with Crippen molar-refractivity contribution in [2.45, 2.75) is 19.4 Å². The second-order valence-electron chi connectivity index (χ2n) is 4.72. The Morgan fingerprint density at radius 1 is 1.40 bits per heavy atom. The molecule has 6 heteroatoms. The van der Waals surface area contributed by atoms with Crippen LogP contribution in [0, 0.1) is 0 Å². The van der Waals surface area contributed by atoms with E-state index < -0.39 is 12.1 Å². The number of amides is 2. The number of hydrogen-bond acceptors (Lipinski definition) is 3. The number of aliphatic hydroxyl groups is 1. The first-order valence-corrected chi connectivity index (χ1v) is 6.39. The normalized spacial score (nSPS) is 11.8. The van der Waals surface area contributed by atoms with Gasteiger partial charge in [-0.1, -0.05) is 12.1 Å². The Balaban J connectivity index is 2.42. The molecule has 0 heterocycles. The highest BCUT2D eigenvalue weighted by molar-refractivity contribution is 5.87. The van der Waals surface area contributed by atoms with Crippen molar-refractivity contribution in [3.8, 4) is 0 Å². The van der Waals surface area contributed by atoms with Crippen LogP contribution < -0.4 is 5.32 Å². The van der Waals surface area contributed by atoms with Crippen LogP contribution >= 0.6 is 0 Å². The van der Waals surface area contributed by atoms with Crippen LogP contribution in [0.4, 0.5) is 4.79 Å². The molecule has 0 spiro atoms. The smallest absolute Gasteiger partial charge is 0.335 e. The molecule has 0 fully saturated rings. The molecule has 0 aliphatic heterocycles. The van der Waals surface area contributed by atoms with Crippen LogP contribution in [-0.2, 0) is 6.42 Å². The zero-order valence-corrected chi connectivity index (χ0v) is 11.7. The van der Waals surface area contributed by atoms with E-state index >= 15 is 0 Å². The van der Waals surface area contributed by atoms with E-state index in [0.717, 1.165) is 5.56 Å². The van der Waals surface area contributed by atoms with Crippen LogP contribution in [0.1, 0.15) is 22.8 Å². The molecule has 0 aliphatic carbocycles. The van der Waals surface area contributed by atoms with Crippen molar-refractivity contribution in [3.63, 3.8) is 0 Å². The van der Waals surface area contributed by atoms with Crippen LogP contribution in [0.3, 0.4) is 0 Å². The van der Waals surface area contributed by atoms with Gasteiger partial charge in [-0.3, -0.25) is 0 Å². The zero-order chi connectivity index (χ0) is 15.1. The summed E-state index contributed by atoms with van der Waals surface area (Å²) in [6, 6.07) is 6.35. The van der Waals surface area contributed by atoms with Crippen molar-refractivity contribution < 1.29 is 19.8 Å². The van der Waals surface area contributed by atoms with E-state index in [-0.39, 0.29) is 18.1 Å². The Morgan fingerprint density at radius 3 is 2.70 bits per heavy atom. The Morgan fingerprint density at radius 2 is 2.10 bits per heavy atom. The van der Waals surface area contributed by atoms with Crippen LogP contribution in [0.25, 0.3) is 0 Å². The van der Waals surface area contributed by atoms with E-state index in [9.17, 15) is 14.7 Å². The Labute approximate surface area is 118 Å². The summed E-state index contributed by atoms with van der Waals surface area (Å²) in [5.74, 6) is -0.965. The molecule has 1 aromatic carbocycles. The van der Waals surface area contributed by atoms with Gasteiger partial charge in [0, 0.05) is 20.1 Å². The third-order valence-electron chi connectivity index (χ3n) is 2.75. The van der Waals surface area contributed by atoms with E-state index in [2.05, 4.69) is 5.32 Å². The predicted octanol–water partition coefficient (Wildman–Crippen LogP) is 0.949. The molecular formula is C14H20N2O4. The van der Waals surface area contributed by atoms with Crippen molar-refractivity contribution in [3.05, 3.63) is 35.4 Å². The number of urea groups is 1. The summed E-state index contributed by atoms with van der Waals surface area (Å²) in [7, 11) is 1.60. The fourth-order valence-corrected chi connectivity index (χ4v) is 1.79. The van der Waals surface area contributed by atoms with Crippen molar-refractivity contribution in [2.75, 3.05) is 20.1 Å². The first-order chi connectivity index (χ1) is 9.40. The molecule has 20 heavy (non-hydrogen) atoms. The van der Waals surface area contributed by atoms with Crippen LogP contribution in [0.5, 0.6) is 0 Å². The summed E-state index contributed by atoms with van der Waals surface area (Å²) >= 11 is 0. The minimum Gasteiger partial charge on any atom is -0.478 e. The lowest BCUT2D eigenvalue weighted by Gasteiger charge is -2.19. The molecule has 2 amide bonds. The first-order valence-electron chi connectivity index (χ1n) is 6.39. The summed E-state index contributed by atoms with van der Waals surface area (Å²) in [6.07, 6.45) is -0.0203. The Kier molecular flexibility index (Phi) is 5.99. The van der Waals surface area contributed by atoms with Crippen molar-refractivity contribution in [2.24, 2.45) is 0 Å². The number of aromatic carboxylic acids is 1. The Hall–Kier alpha value is -2.08. The van der Waals surface area contributed by atoms with Crippen molar-refractivity contribution in [1.82, 2.24) is 10.2 Å². The fourth-order valence-electron chi connectivity index (χ4n) is 1.79. The topological polar surface area (TPSA) is 89.9 Å². The number of carbonyl (C=O) groups is 2. The molecule has 0 bridgehead atoms. The van der Waals surface area contributed by atoms with Gasteiger partial charge in [-0.2, -0.15) is 0 Å². The maximum atomic E-state index is 11.7. The monoisotopic (exact) mass is 280 g/mol. The molecule has 110 valence electrons. The van der Waals surface area contributed by atoms with Gasteiger partial charge in [-0.15, -0.1) is 0 Å². The SMILES string of the molecule is CC(O)CN(C)C(=O)NCCc1cccc(C(=O)O)c1. The van der Waals surface area contributed by atoms with Gasteiger partial charge in [0.1, 0.15) is 0 Å². The molecule has 0 saturated carbocycles. The summed E-state index contributed by atoms with van der Waals surface area (Å²) in [5, 5.41) is 20.8. The second-order valence-corrected chi connectivity index (χ2v) is 4.72. The quantitative estimate of drug-likeness (QED) is 0.723. The number of carboxylic acid groups (broad SMARTS) is 1. The largest absolute Gasteiger partial charge is 0.478 e. The van der Waals surface area contributed by atoms with Gasteiger partial charge >= 0.3 is 12.0 Å². The van der Waals surface area contributed by atoms with Gasteiger partial charge in [-0.05, 0) is 31.0 Å². The minimum atomic E-state index is -0.965. The van der Waals surface area contributed by atoms with Gasteiger partial charge in [-0.25, -0.2) is 9.59 Å². The Bertz CT molecular complexity index is 474. The van der Waals surface area contributed by atoms with Gasteiger partial charge in [0.2, 0.25) is 0 Å². The molecule has 1 atom stereocenters. The van der Waals surface area contributed by atoms with Crippen molar-refractivity contribution >= 4 is 12.0 Å². The van der Waals surface area contributed by atoms with E-state index in [1.165, 1.54) is 11.0 Å². The molecule has 0 saturated heterocycles. The molecule has 0 aliphatic rings. The number of nitrogens with one attached hydrogen (secondary N) is 1. The van der Waals surface area contributed by atoms with Gasteiger partial charge in [0.15, 0.2) is 0 Å². The van der Waals surface area contributed by atoms with E-state index in [4.69, 9.17) is 5.11 Å². The fraction of sp³-hybridized carbons (Fsp3) is 0.429. The molecular weight excluding hydrogens is 260 g/mol. The highest BCUT2D eigenvalue weighted by Crippen LogP contribution is 2.05. The van der Waals surface area contributed by atoms with Crippen LogP contribution in [0.2, 0.25) is 0 Å². The molecule has 1 aromatic rings. The van der Waals surface area contributed by atoms with Gasteiger partial charge < -0.3 is 20.4 Å².